The molecule has 0 bridgehead atoms. The number of aryl methyl sites for hydroxylation is 1. The van der Waals surface area contributed by atoms with Crippen LogP contribution >= 0.6 is 34.8 Å². The van der Waals surface area contributed by atoms with Crippen molar-refractivity contribution < 1.29 is 93.7 Å². The highest BCUT2D eigenvalue weighted by Gasteiger charge is 2.39. The summed E-state index contributed by atoms with van der Waals surface area (Å²) >= 11 is 19.0. The van der Waals surface area contributed by atoms with Crippen LogP contribution in [0, 0.1) is 11.6 Å². The summed E-state index contributed by atoms with van der Waals surface area (Å²) in [6, 6.07) is 21.9. The van der Waals surface area contributed by atoms with Crippen molar-refractivity contribution in [3.8, 4) is 52.1 Å². The fourth-order valence-corrected chi connectivity index (χ4v) is 13.7. The molecule has 2 fully saturated rings. The molecule has 6 aromatic carbocycles. The molecular weight excluding hydrogens is 1620 g/mol. The van der Waals surface area contributed by atoms with Crippen LogP contribution in [0.3, 0.4) is 0 Å². The Balaban J connectivity index is 0.000000163. The number of amides is 5. The number of nitrogens with zero attached hydrogens (tertiary/aromatic N) is 10. The predicted octanol–water partition coefficient (Wildman–Crippen LogP) is 12.3. The number of aliphatic hydroxyl groups is 2. The van der Waals surface area contributed by atoms with E-state index in [0.717, 1.165) is 55.3 Å². The number of methoxy groups -OCH3 is 3. The Kier molecular flexibility index (Phi) is 26.9. The number of anilines is 6. The third kappa shape index (κ3) is 19.8. The Bertz CT molecular complexity index is 5350. The molecule has 8 N–H and O–H groups in total. The van der Waals surface area contributed by atoms with Crippen LogP contribution in [0.25, 0.3) is 0 Å². The molecule has 1 aliphatic carbocycles. The molecule has 118 heavy (non-hydrogen) atoms. The minimum Gasteiger partial charge on any atom is -0.495 e. The van der Waals surface area contributed by atoms with E-state index in [1.54, 1.807) is 49.3 Å². The van der Waals surface area contributed by atoms with Gasteiger partial charge < -0.3 is 90.1 Å². The number of rotatable bonds is 23. The van der Waals surface area contributed by atoms with Gasteiger partial charge in [0.15, 0.2) is 5.78 Å². The number of nitrogens with one attached hydrogen (secondary N) is 6. The van der Waals surface area contributed by atoms with Gasteiger partial charge in [0.2, 0.25) is 35.5 Å². The second kappa shape index (κ2) is 37.1. The molecule has 0 saturated carbocycles. The number of piperidine rings is 2. The Morgan fingerprint density at radius 2 is 1.00 bits per heavy atom. The maximum Gasteiger partial charge on any atom is 0.423 e. The fourth-order valence-electron chi connectivity index (χ4n) is 13.2. The Morgan fingerprint density at radius 3 is 1.50 bits per heavy atom. The van der Waals surface area contributed by atoms with Crippen LogP contribution in [-0.4, -0.2) is 208 Å². The molecule has 4 aliphatic heterocycles. The number of carbonyl (C=O) groups excluding carboxylic acids is 6. The zero-order valence-electron chi connectivity index (χ0n) is 64.1. The molecule has 620 valence electrons. The van der Waals surface area contributed by atoms with E-state index < -0.39 is 89.3 Å². The number of hydrogen-bond donors (Lipinski definition) is 8. The van der Waals surface area contributed by atoms with Gasteiger partial charge >= 0.3 is 6.18 Å². The number of benzene rings is 6. The quantitative estimate of drug-likeness (QED) is 0.0276. The average Bonchev–Trinajstić information content (AvgIpc) is 1.65. The first-order valence-corrected chi connectivity index (χ1v) is 37.6. The molecule has 3 aromatic heterocycles. The van der Waals surface area contributed by atoms with Crippen LogP contribution in [0.4, 0.5) is 61.2 Å². The Hall–Kier alpha value is -11.9. The van der Waals surface area contributed by atoms with E-state index in [2.05, 4.69) is 66.7 Å². The van der Waals surface area contributed by atoms with Crippen molar-refractivity contribution in [1.82, 2.24) is 65.5 Å². The summed E-state index contributed by atoms with van der Waals surface area (Å²) in [5.74, 6) is -4.37. The van der Waals surface area contributed by atoms with Crippen molar-refractivity contribution in [2.75, 3.05) is 105 Å². The molecule has 5 aliphatic rings. The van der Waals surface area contributed by atoms with E-state index in [0.29, 0.717) is 72.4 Å². The maximum atomic E-state index is 15.0. The third-order valence-electron chi connectivity index (χ3n) is 19.4. The van der Waals surface area contributed by atoms with Gasteiger partial charge in [-0.05, 0) is 112 Å². The maximum absolute atomic E-state index is 15.0. The van der Waals surface area contributed by atoms with Crippen LogP contribution in [0.5, 0.6) is 52.1 Å². The summed E-state index contributed by atoms with van der Waals surface area (Å²) in [5.41, 5.74) is 2.12. The summed E-state index contributed by atoms with van der Waals surface area (Å²) in [7, 11) is 11.2. The second-order valence-electron chi connectivity index (χ2n) is 27.7. The minimum absolute atomic E-state index is 0.000659. The molecule has 0 radical (unpaired) electrons. The van der Waals surface area contributed by atoms with Crippen LogP contribution in [0.2, 0.25) is 15.1 Å². The van der Waals surface area contributed by atoms with Crippen molar-refractivity contribution in [3.05, 3.63) is 192 Å². The normalized spacial score (nSPS) is 16.1. The van der Waals surface area contributed by atoms with Crippen LogP contribution in [-0.2, 0) is 25.7 Å². The third-order valence-corrected chi connectivity index (χ3v) is 20.3. The van der Waals surface area contributed by atoms with Gasteiger partial charge in [0.25, 0.3) is 29.5 Å². The average molecular weight is 1690 g/mol. The number of Topliss-reactive ketones (excluding diaryl/α,β-unsaturated/α-hetero) is 1. The number of fused-ring (bicyclic) bond motifs is 3. The van der Waals surface area contributed by atoms with Gasteiger partial charge in [0.05, 0.1) is 108 Å². The van der Waals surface area contributed by atoms with Gasteiger partial charge in [-0.25, -0.2) is 28.1 Å². The van der Waals surface area contributed by atoms with Gasteiger partial charge in [0.1, 0.15) is 67.9 Å². The molecule has 7 heterocycles. The van der Waals surface area contributed by atoms with E-state index >= 15 is 4.39 Å². The smallest absolute Gasteiger partial charge is 0.423 e. The van der Waals surface area contributed by atoms with Crippen molar-refractivity contribution in [3.63, 3.8) is 0 Å². The first-order valence-electron chi connectivity index (χ1n) is 36.5. The lowest BCUT2D eigenvalue weighted by Gasteiger charge is -2.32. The number of aromatic nitrogens is 6. The molecule has 5 amide bonds. The Morgan fingerprint density at radius 1 is 0.551 bits per heavy atom. The van der Waals surface area contributed by atoms with E-state index in [-0.39, 0.29) is 127 Å². The lowest BCUT2D eigenvalue weighted by molar-refractivity contribution is -0.139. The lowest BCUT2D eigenvalue weighted by atomic mass is 10.0. The number of aliphatic hydroxyl groups excluding tert-OH is 2. The van der Waals surface area contributed by atoms with Crippen molar-refractivity contribution in [1.29, 1.82) is 0 Å². The minimum atomic E-state index is -4.91. The number of ketones is 1. The first-order chi connectivity index (χ1) is 56.4. The summed E-state index contributed by atoms with van der Waals surface area (Å²) in [5, 5.41) is 35.0. The number of alkyl halides is 4. The van der Waals surface area contributed by atoms with Gasteiger partial charge in [-0.1, -0.05) is 71.2 Å². The van der Waals surface area contributed by atoms with E-state index in [4.69, 9.17) is 68.3 Å². The lowest BCUT2D eigenvalue weighted by Crippen LogP contribution is -2.51. The highest BCUT2D eigenvalue weighted by atomic mass is 35.5. The van der Waals surface area contributed by atoms with E-state index in [9.17, 15) is 55.8 Å². The second-order valence-corrected chi connectivity index (χ2v) is 29.0. The van der Waals surface area contributed by atoms with Gasteiger partial charge in [-0.2, -0.15) is 28.1 Å². The Labute approximate surface area is 685 Å². The van der Waals surface area contributed by atoms with E-state index in [1.807, 2.05) is 31.1 Å². The summed E-state index contributed by atoms with van der Waals surface area (Å²) < 4.78 is 119. The number of likely N-dealkylation sites (tertiary alicyclic amines) is 2. The van der Waals surface area contributed by atoms with Crippen LogP contribution in [0.15, 0.2) is 110 Å². The molecular formula is C79H77Cl3F6N16O14. The van der Waals surface area contributed by atoms with Gasteiger partial charge in [-0.3, -0.25) is 28.8 Å². The summed E-state index contributed by atoms with van der Waals surface area (Å²) in [4.78, 5) is 107. The topological polar surface area (TPSA) is 361 Å². The molecule has 2 saturated heterocycles. The highest BCUT2D eigenvalue weighted by molar-refractivity contribution is 6.34. The highest BCUT2D eigenvalue weighted by Crippen LogP contribution is 2.43. The SMILES string of the molecule is COc1cc(C(=O)NC2CCN(C)CC2)c(F)cc1Nc1ncc(Cl)c(Oc2cccc3c2C(=O)CC3)n1.COc1cc(C(=O)NC[C@H](O)CO)c(F)cc1Nc1ncc(C(F)(F)F)c(Oc2cccc3c2C(=O)N(C)C3)n1.COc1cc(C(=O)N[C@H]2CCN(C)C[C@H]2F)c(Cl)cc1Nc1ncc(Cl)c(Oc2cccc3c2C(=O)N(C)C3)n1. The van der Waals surface area contributed by atoms with Crippen LogP contribution < -0.4 is 60.3 Å². The predicted molar refractivity (Wildman–Crippen MR) is 420 cm³/mol. The molecule has 9 aromatic rings. The largest absolute Gasteiger partial charge is 0.495 e. The molecule has 14 rings (SSSR count). The van der Waals surface area contributed by atoms with E-state index in [1.165, 1.54) is 69.0 Å². The molecule has 30 nitrogen and oxygen atoms in total. The van der Waals surface area contributed by atoms with Crippen molar-refractivity contribution >= 4 is 105 Å². The summed E-state index contributed by atoms with van der Waals surface area (Å²) in [6.07, 6.45) is -0.988. The standard InChI is InChI=1S/C27H27Cl2FN6O4.C27H27ClFN5O4.C25H23F4N5O6/c1-35-8-7-19(18(30)13-35)32-24(37)15-9-22(39-3)20(10-16(15)28)33-27-31-11-17(29)25(34-27)40-21-6-4-5-14-12-36(2)26(38)23(14)21;1-34-10-8-16(9-11-34)31-25(36)17-12-23(37-2)20(13-19(17)29)32-27-30-14-18(28)26(33-27)38-22-5-3-4-15-6-7-21(35)24(15)22;1-34-10-12-4-3-5-18(20(12)23(34)38)40-22-15(25(27,28)29)9-31-24(33-22)32-17-7-16(26)14(6-19(17)39-2)21(37)30-8-13(36)11-35/h4-6,9-11,18-19H,7-8,12-13H2,1-3H3,(H,32,37)(H,31,33,34);3-5,12-14,16H,6-11H2,1-2H3,(H,31,36)(H,30,32,33);3-7,9,13,35-36H,8,10-11H2,1-2H3,(H,30,37)(H,31,32,33)/t18-,19+;;13-/m1.0/s1. The molecule has 0 unspecified atom stereocenters. The number of hydrogen-bond acceptors (Lipinski definition) is 25. The molecule has 3 atom stereocenters. The van der Waals surface area contributed by atoms with Crippen molar-refractivity contribution in [2.24, 2.45) is 0 Å². The molecule has 39 heteroatoms. The number of carbonyl (C=O) groups is 6. The van der Waals surface area contributed by atoms with Crippen molar-refractivity contribution in [2.45, 2.75) is 75.7 Å². The van der Waals surface area contributed by atoms with Gasteiger partial charge in [-0.15, -0.1) is 0 Å². The summed E-state index contributed by atoms with van der Waals surface area (Å²) in [6.45, 7) is 2.45. The molecule has 0 spiro atoms. The van der Waals surface area contributed by atoms with Gasteiger partial charge in [0, 0.05) is 77.6 Å². The monoisotopic (exact) mass is 1690 g/mol. The number of halogens is 9. The zero-order valence-corrected chi connectivity index (χ0v) is 66.3. The fraction of sp³-hybridized carbons (Fsp3) is 0.316. The first kappa shape index (κ1) is 85.4. The van der Waals surface area contributed by atoms with Crippen LogP contribution in [0.1, 0.15) is 110 Å². The zero-order chi connectivity index (χ0) is 84.6. The number of ether oxygens (including phenoxy) is 6.